The Kier molecular flexibility index (Phi) is 4.39. The average molecular weight is 199 g/mol. The molecule has 0 aliphatic heterocycles. The van der Waals surface area contributed by atoms with Crippen LogP contribution < -0.4 is 0 Å². The van der Waals surface area contributed by atoms with Crippen molar-refractivity contribution in [3.05, 3.63) is 0 Å². The maximum atomic E-state index is 10.5. The SMILES string of the molecule is CN(C)C1CCCCC1CCC(=O)O. The summed E-state index contributed by atoms with van der Waals surface area (Å²) in [5, 5.41) is 8.66. The molecule has 0 bridgehead atoms. The lowest BCUT2D eigenvalue weighted by molar-refractivity contribution is -0.137. The Bertz CT molecular complexity index is 192. The predicted octanol–water partition coefficient (Wildman–Crippen LogP) is 1.97. The number of carbonyl (C=O) groups is 1. The van der Waals surface area contributed by atoms with Gasteiger partial charge in [0.25, 0.3) is 0 Å². The third-order valence-electron chi connectivity index (χ3n) is 3.26. The molecule has 1 aliphatic rings. The summed E-state index contributed by atoms with van der Waals surface area (Å²) in [6, 6.07) is 0.600. The molecule has 0 radical (unpaired) electrons. The molecule has 3 nitrogen and oxygen atoms in total. The highest BCUT2D eigenvalue weighted by atomic mass is 16.4. The van der Waals surface area contributed by atoms with Crippen molar-refractivity contribution < 1.29 is 9.90 Å². The maximum Gasteiger partial charge on any atom is 0.303 e. The van der Waals surface area contributed by atoms with E-state index in [1.807, 2.05) is 0 Å². The normalized spacial score (nSPS) is 27.9. The van der Waals surface area contributed by atoms with Crippen molar-refractivity contribution in [1.29, 1.82) is 0 Å². The molecule has 0 saturated heterocycles. The Hall–Kier alpha value is -0.570. The Morgan fingerprint density at radius 2 is 2.00 bits per heavy atom. The van der Waals surface area contributed by atoms with Gasteiger partial charge in [0, 0.05) is 12.5 Å². The zero-order valence-electron chi connectivity index (χ0n) is 9.20. The third-order valence-corrected chi connectivity index (χ3v) is 3.26. The van der Waals surface area contributed by atoms with Crippen LogP contribution in [0.2, 0.25) is 0 Å². The van der Waals surface area contributed by atoms with Gasteiger partial charge in [0.1, 0.15) is 0 Å². The van der Waals surface area contributed by atoms with Gasteiger partial charge in [-0.25, -0.2) is 0 Å². The number of rotatable bonds is 4. The van der Waals surface area contributed by atoms with Gasteiger partial charge < -0.3 is 10.0 Å². The van der Waals surface area contributed by atoms with E-state index in [9.17, 15) is 4.79 Å². The summed E-state index contributed by atoms with van der Waals surface area (Å²) < 4.78 is 0. The van der Waals surface area contributed by atoms with Crippen molar-refractivity contribution in [2.45, 2.75) is 44.6 Å². The Morgan fingerprint density at radius 1 is 1.36 bits per heavy atom. The fourth-order valence-corrected chi connectivity index (χ4v) is 2.51. The van der Waals surface area contributed by atoms with Gasteiger partial charge in [0.15, 0.2) is 0 Å². The van der Waals surface area contributed by atoms with E-state index in [1.165, 1.54) is 25.7 Å². The van der Waals surface area contributed by atoms with Crippen molar-refractivity contribution in [1.82, 2.24) is 4.90 Å². The minimum absolute atomic E-state index is 0.328. The van der Waals surface area contributed by atoms with Crippen molar-refractivity contribution in [3.8, 4) is 0 Å². The molecule has 82 valence electrons. The van der Waals surface area contributed by atoms with Crippen LogP contribution in [0.3, 0.4) is 0 Å². The van der Waals surface area contributed by atoms with Crippen molar-refractivity contribution in [3.63, 3.8) is 0 Å². The average Bonchev–Trinajstić information content (AvgIpc) is 2.15. The number of carboxylic acids is 1. The highest BCUT2D eigenvalue weighted by molar-refractivity contribution is 5.66. The molecule has 1 N–H and O–H groups in total. The summed E-state index contributed by atoms with van der Waals surface area (Å²) in [5.41, 5.74) is 0. The van der Waals surface area contributed by atoms with E-state index in [0.29, 0.717) is 18.4 Å². The summed E-state index contributed by atoms with van der Waals surface area (Å²) in [6.07, 6.45) is 6.18. The van der Waals surface area contributed by atoms with Crippen LogP contribution in [-0.2, 0) is 4.79 Å². The van der Waals surface area contributed by atoms with Gasteiger partial charge in [0.05, 0.1) is 0 Å². The first-order valence-electron chi connectivity index (χ1n) is 5.49. The maximum absolute atomic E-state index is 10.5. The fraction of sp³-hybridized carbons (Fsp3) is 0.909. The first kappa shape index (κ1) is 11.5. The third kappa shape index (κ3) is 3.29. The Morgan fingerprint density at radius 3 is 2.57 bits per heavy atom. The number of nitrogens with zero attached hydrogens (tertiary/aromatic N) is 1. The van der Waals surface area contributed by atoms with E-state index in [1.54, 1.807) is 0 Å². The molecule has 1 rings (SSSR count). The monoisotopic (exact) mass is 199 g/mol. The van der Waals surface area contributed by atoms with Gasteiger partial charge in [-0.2, -0.15) is 0 Å². The van der Waals surface area contributed by atoms with Crippen LogP contribution in [0.25, 0.3) is 0 Å². The summed E-state index contributed by atoms with van der Waals surface area (Å²) in [4.78, 5) is 12.8. The molecule has 0 aromatic rings. The molecule has 0 aromatic carbocycles. The zero-order valence-corrected chi connectivity index (χ0v) is 9.20. The van der Waals surface area contributed by atoms with Crippen LogP contribution in [0.1, 0.15) is 38.5 Å². The minimum Gasteiger partial charge on any atom is -0.481 e. The number of hydrogen-bond donors (Lipinski definition) is 1. The van der Waals surface area contributed by atoms with E-state index >= 15 is 0 Å². The van der Waals surface area contributed by atoms with Gasteiger partial charge in [-0.3, -0.25) is 4.79 Å². The molecule has 1 fully saturated rings. The fourth-order valence-electron chi connectivity index (χ4n) is 2.51. The second-order valence-electron chi connectivity index (χ2n) is 4.51. The predicted molar refractivity (Wildman–Crippen MR) is 56.3 cm³/mol. The summed E-state index contributed by atoms with van der Waals surface area (Å²) in [7, 11) is 4.20. The summed E-state index contributed by atoms with van der Waals surface area (Å²) >= 11 is 0. The highest BCUT2D eigenvalue weighted by Crippen LogP contribution is 2.30. The standard InChI is InChI=1S/C11H21NO2/c1-12(2)10-6-4-3-5-9(10)7-8-11(13)14/h9-10H,3-8H2,1-2H3,(H,13,14). The molecular formula is C11H21NO2. The molecule has 0 heterocycles. The Labute approximate surface area is 86.1 Å². The number of carboxylic acid groups (broad SMARTS) is 1. The van der Waals surface area contributed by atoms with Crippen LogP contribution in [-0.4, -0.2) is 36.1 Å². The van der Waals surface area contributed by atoms with Crippen LogP contribution >= 0.6 is 0 Å². The van der Waals surface area contributed by atoms with Crippen molar-refractivity contribution in [2.24, 2.45) is 5.92 Å². The highest BCUT2D eigenvalue weighted by Gasteiger charge is 2.26. The van der Waals surface area contributed by atoms with Crippen molar-refractivity contribution >= 4 is 5.97 Å². The molecule has 14 heavy (non-hydrogen) atoms. The number of hydrogen-bond acceptors (Lipinski definition) is 2. The molecule has 3 heteroatoms. The smallest absolute Gasteiger partial charge is 0.303 e. The molecular weight excluding hydrogens is 178 g/mol. The lowest BCUT2D eigenvalue weighted by Gasteiger charge is -2.36. The van der Waals surface area contributed by atoms with Gasteiger partial charge in [-0.1, -0.05) is 12.8 Å². The van der Waals surface area contributed by atoms with Crippen LogP contribution in [0.5, 0.6) is 0 Å². The lowest BCUT2D eigenvalue weighted by Crippen LogP contribution is -2.37. The molecule has 2 unspecified atom stereocenters. The van der Waals surface area contributed by atoms with E-state index < -0.39 is 5.97 Å². The summed E-state index contributed by atoms with van der Waals surface area (Å²) in [6.45, 7) is 0. The molecule has 1 saturated carbocycles. The van der Waals surface area contributed by atoms with Crippen molar-refractivity contribution in [2.75, 3.05) is 14.1 Å². The zero-order chi connectivity index (χ0) is 10.6. The number of aliphatic carboxylic acids is 1. The quantitative estimate of drug-likeness (QED) is 0.752. The largest absolute Gasteiger partial charge is 0.481 e. The summed E-state index contributed by atoms with van der Waals surface area (Å²) in [5.74, 6) is -0.0667. The topological polar surface area (TPSA) is 40.5 Å². The van der Waals surface area contributed by atoms with Gasteiger partial charge >= 0.3 is 5.97 Å². The molecule has 0 spiro atoms. The molecule has 0 aromatic heterocycles. The van der Waals surface area contributed by atoms with E-state index in [4.69, 9.17) is 5.11 Å². The van der Waals surface area contributed by atoms with Gasteiger partial charge in [0.2, 0.25) is 0 Å². The van der Waals surface area contributed by atoms with Gasteiger partial charge in [-0.15, -0.1) is 0 Å². The van der Waals surface area contributed by atoms with Crippen LogP contribution in [0, 0.1) is 5.92 Å². The van der Waals surface area contributed by atoms with E-state index in [2.05, 4.69) is 19.0 Å². The first-order chi connectivity index (χ1) is 6.61. The Balaban J connectivity index is 2.41. The second kappa shape index (κ2) is 5.35. The minimum atomic E-state index is -0.659. The van der Waals surface area contributed by atoms with Crippen LogP contribution in [0.4, 0.5) is 0 Å². The molecule has 2 atom stereocenters. The molecule has 0 amide bonds. The second-order valence-corrected chi connectivity index (χ2v) is 4.51. The lowest BCUT2D eigenvalue weighted by atomic mass is 9.81. The van der Waals surface area contributed by atoms with E-state index in [-0.39, 0.29) is 0 Å². The first-order valence-corrected chi connectivity index (χ1v) is 5.49. The van der Waals surface area contributed by atoms with Gasteiger partial charge in [-0.05, 0) is 39.3 Å². The molecule has 1 aliphatic carbocycles. The van der Waals surface area contributed by atoms with E-state index in [0.717, 1.165) is 6.42 Å². The van der Waals surface area contributed by atoms with Crippen LogP contribution in [0.15, 0.2) is 0 Å².